The molecule has 2 aliphatic rings. The molecule has 4 aromatic heterocycles. The molecule has 2 fully saturated rings. The van der Waals surface area contributed by atoms with Crippen LogP contribution in [0.5, 0.6) is 0 Å². The highest BCUT2D eigenvalue weighted by Gasteiger charge is 2.54. The van der Waals surface area contributed by atoms with Gasteiger partial charge in [0.1, 0.15) is 25.4 Å². The normalized spacial score (nSPS) is 19.2. The van der Waals surface area contributed by atoms with E-state index < -0.39 is 121 Å². The first kappa shape index (κ1) is 61.0. The molecule has 0 amide bonds. The third kappa shape index (κ3) is 13.1. The summed E-state index contributed by atoms with van der Waals surface area (Å²) in [6, 6.07) is 49.1. The van der Waals surface area contributed by atoms with Crippen molar-refractivity contribution in [3.63, 3.8) is 0 Å². The highest BCUT2D eigenvalue weighted by molar-refractivity contribution is 7.11. The van der Waals surface area contributed by atoms with Crippen molar-refractivity contribution in [2.75, 3.05) is 13.2 Å². The van der Waals surface area contributed by atoms with Gasteiger partial charge in [0.2, 0.25) is 0 Å². The van der Waals surface area contributed by atoms with Gasteiger partial charge in [0.15, 0.2) is 36.9 Å². The van der Waals surface area contributed by atoms with E-state index in [0.717, 1.165) is 9.13 Å². The Labute approximate surface area is 517 Å². The molecule has 0 spiro atoms. The van der Waals surface area contributed by atoms with Gasteiger partial charge in [-0.05, 0) is 86.6 Å². The number of hydrogen-bond acceptors (Lipinski definition) is 20. The van der Waals surface area contributed by atoms with Crippen LogP contribution >= 0.6 is 22.7 Å². The molecule has 12 rings (SSSR count). The van der Waals surface area contributed by atoms with E-state index in [4.69, 9.17) is 37.9 Å². The topological polar surface area (TPSA) is 286 Å². The molecule has 22 nitrogen and oxygen atoms in total. The minimum atomic E-state index is -1.40. The average molecular weight is 1250 g/mol. The van der Waals surface area contributed by atoms with Crippen LogP contribution in [0, 0.1) is 13.8 Å². The van der Waals surface area contributed by atoms with Crippen LogP contribution < -0.4 is 22.5 Å². The van der Waals surface area contributed by atoms with Crippen LogP contribution in [0.3, 0.4) is 0 Å². The van der Waals surface area contributed by atoms with Crippen LogP contribution in [-0.4, -0.2) is 105 Å². The molecule has 2 N–H and O–H groups in total. The predicted molar refractivity (Wildman–Crippen MR) is 327 cm³/mol. The highest BCUT2D eigenvalue weighted by atomic mass is 32.1. The number of ether oxygens (including phenoxy) is 8. The number of carbonyl (C=O) groups is 6. The number of H-pyrrole nitrogens is 2. The van der Waals surface area contributed by atoms with Crippen molar-refractivity contribution in [1.29, 1.82) is 0 Å². The number of esters is 6. The first-order valence-corrected chi connectivity index (χ1v) is 29.6. The fourth-order valence-corrected chi connectivity index (χ4v) is 12.0. The summed E-state index contributed by atoms with van der Waals surface area (Å²) in [5.74, 6) is -4.37. The molecule has 2 saturated heterocycles. The molecule has 6 aromatic carbocycles. The van der Waals surface area contributed by atoms with Gasteiger partial charge in [-0.3, -0.25) is 28.7 Å². The standard InChI is InChI=1S/2C33H26N2O9S/c2*1-19-25-23(18-45-19)35(33(40)34-28(25)36)29-27(44-32(39)22-15-9-4-10-16-22)26(43-31(38)21-13-7-3-8-14-21)24(42-29)17-41-30(37)20-11-5-2-6-12-20/h2*2-16,18,24,26-27,29H,17H2,1H3,(H,34,36,40)/t2*24-,26-,27-,29-/m11/s1. The van der Waals surface area contributed by atoms with E-state index in [1.165, 1.54) is 22.7 Å². The van der Waals surface area contributed by atoms with Crippen LogP contribution in [0.4, 0.5) is 0 Å². The number of aromatic nitrogens is 4. The number of aromatic amines is 2. The molecule has 90 heavy (non-hydrogen) atoms. The number of rotatable bonds is 16. The quantitative estimate of drug-likeness (QED) is 0.0676. The maximum absolute atomic E-state index is 13.4. The number of thiophene rings is 2. The van der Waals surface area contributed by atoms with Crippen molar-refractivity contribution in [2.24, 2.45) is 0 Å². The lowest BCUT2D eigenvalue weighted by molar-refractivity contribution is -0.0622. The minimum absolute atomic E-state index is 0.202. The molecule has 6 heterocycles. The minimum Gasteiger partial charge on any atom is -0.459 e. The van der Waals surface area contributed by atoms with E-state index in [9.17, 15) is 47.9 Å². The third-order valence-electron chi connectivity index (χ3n) is 14.6. The number of hydrogen-bond donors (Lipinski definition) is 2. The van der Waals surface area contributed by atoms with Crippen LogP contribution in [0.25, 0.3) is 21.8 Å². The average Bonchev–Trinajstić information content (AvgIpc) is 1.62. The van der Waals surface area contributed by atoms with E-state index in [-0.39, 0.29) is 55.2 Å². The van der Waals surface area contributed by atoms with Gasteiger partial charge in [0.05, 0.1) is 55.2 Å². The van der Waals surface area contributed by atoms with E-state index >= 15 is 0 Å². The van der Waals surface area contributed by atoms with Gasteiger partial charge in [0.25, 0.3) is 11.1 Å². The summed E-state index contributed by atoms with van der Waals surface area (Å²) in [6.07, 6.45) is -10.6. The van der Waals surface area contributed by atoms with Crippen molar-refractivity contribution in [3.8, 4) is 0 Å². The van der Waals surface area contributed by atoms with Gasteiger partial charge in [-0.15, -0.1) is 22.7 Å². The Bertz CT molecular complexity index is 4230. The monoisotopic (exact) mass is 1250 g/mol. The van der Waals surface area contributed by atoms with Crippen molar-refractivity contribution >= 4 is 80.3 Å². The SMILES string of the molecule is Cc1scc2c1c(=O)[nH]c(=O)n2[C@@H]1O[C@H](COC(=O)c2ccccc2)[C@@H](OC(=O)c2ccccc2)[C@H]1OC(=O)c1ccccc1.Cc1scc2c1c(=O)[nH]c(=O)n2[C@@H]1O[C@H](COC(=O)c2ccccc2)[C@@H](OC(=O)c2ccccc2)[C@H]1OC(=O)c1ccccc1. The maximum atomic E-state index is 13.4. The van der Waals surface area contributed by atoms with Gasteiger partial charge in [-0.2, -0.15) is 0 Å². The fraction of sp³-hybridized carbons (Fsp3) is 0.182. The van der Waals surface area contributed by atoms with E-state index in [1.807, 2.05) is 0 Å². The second-order valence-electron chi connectivity index (χ2n) is 20.4. The van der Waals surface area contributed by atoms with Gasteiger partial charge < -0.3 is 37.9 Å². The lowest BCUT2D eigenvalue weighted by atomic mass is 10.1. The Balaban J connectivity index is 0.000000185. The molecule has 2 aliphatic heterocycles. The van der Waals surface area contributed by atoms with Crippen LogP contribution in [0.15, 0.2) is 212 Å². The van der Waals surface area contributed by atoms with E-state index in [0.29, 0.717) is 9.75 Å². The largest absolute Gasteiger partial charge is 0.459 e. The van der Waals surface area contributed by atoms with E-state index in [2.05, 4.69) is 9.97 Å². The molecule has 0 radical (unpaired) electrons. The summed E-state index contributed by atoms with van der Waals surface area (Å²) < 4.78 is 49.7. The molecule has 0 unspecified atom stereocenters. The van der Waals surface area contributed by atoms with Gasteiger partial charge in [-0.25, -0.2) is 38.4 Å². The van der Waals surface area contributed by atoms with Gasteiger partial charge in [-0.1, -0.05) is 109 Å². The number of carbonyl (C=O) groups excluding carboxylic acids is 6. The highest BCUT2D eigenvalue weighted by Crippen LogP contribution is 2.39. The number of fused-ring (bicyclic) bond motifs is 2. The molecule has 0 saturated carbocycles. The third-order valence-corrected chi connectivity index (χ3v) is 16.4. The lowest BCUT2D eigenvalue weighted by Gasteiger charge is -2.25. The molecular formula is C66H52N4O18S2. The molecule has 456 valence electrons. The Morgan fingerprint density at radius 2 is 0.644 bits per heavy atom. The molecular weight excluding hydrogens is 1200 g/mol. The van der Waals surface area contributed by atoms with Gasteiger partial charge in [0, 0.05) is 20.5 Å². The molecule has 10 aromatic rings. The summed E-state index contributed by atoms with van der Waals surface area (Å²) in [5.41, 5.74) is -0.938. The zero-order chi connectivity index (χ0) is 63.0. The molecule has 24 heteroatoms. The van der Waals surface area contributed by atoms with Crippen LogP contribution in [0.2, 0.25) is 0 Å². The molecule has 8 atom stereocenters. The Hall–Kier alpha value is -10.7. The number of nitrogens with one attached hydrogen (secondary N) is 2. The zero-order valence-electron chi connectivity index (χ0n) is 47.6. The Morgan fingerprint density at radius 3 is 0.922 bits per heavy atom. The van der Waals surface area contributed by atoms with Crippen molar-refractivity contribution in [2.45, 2.75) is 62.9 Å². The second kappa shape index (κ2) is 27.2. The first-order chi connectivity index (χ1) is 43.6. The lowest BCUT2D eigenvalue weighted by Crippen LogP contribution is -2.43. The molecule has 0 aliphatic carbocycles. The Morgan fingerprint density at radius 1 is 0.389 bits per heavy atom. The van der Waals surface area contributed by atoms with Crippen LogP contribution in [0.1, 0.15) is 84.4 Å². The van der Waals surface area contributed by atoms with Crippen molar-refractivity contribution in [1.82, 2.24) is 19.1 Å². The maximum Gasteiger partial charge on any atom is 0.338 e. The summed E-state index contributed by atoms with van der Waals surface area (Å²) in [4.78, 5) is 137. The van der Waals surface area contributed by atoms with Crippen LogP contribution in [-0.2, 0) is 37.9 Å². The van der Waals surface area contributed by atoms with Gasteiger partial charge >= 0.3 is 47.2 Å². The summed E-state index contributed by atoms with van der Waals surface area (Å²) in [7, 11) is 0. The summed E-state index contributed by atoms with van der Waals surface area (Å²) >= 11 is 2.50. The predicted octanol–water partition coefficient (Wildman–Crippen LogP) is 8.53. The number of benzene rings is 6. The summed E-state index contributed by atoms with van der Waals surface area (Å²) in [6.45, 7) is 2.63. The number of aryl methyl sites for hydroxylation is 2. The van der Waals surface area contributed by atoms with E-state index in [1.54, 1.807) is 207 Å². The summed E-state index contributed by atoms with van der Waals surface area (Å²) in [5, 5.41) is 3.75. The smallest absolute Gasteiger partial charge is 0.338 e. The number of nitrogens with zero attached hydrogens (tertiary/aromatic N) is 2. The molecule has 0 bridgehead atoms. The first-order valence-electron chi connectivity index (χ1n) is 27.9. The van der Waals surface area contributed by atoms with Crippen molar-refractivity contribution < 1.29 is 66.7 Å². The zero-order valence-corrected chi connectivity index (χ0v) is 49.2. The Kier molecular flexibility index (Phi) is 18.4. The fourth-order valence-electron chi connectivity index (χ4n) is 10.3. The second-order valence-corrected chi connectivity index (χ2v) is 22.5. The van der Waals surface area contributed by atoms with Crippen molar-refractivity contribution in [3.05, 3.63) is 278 Å².